The Morgan fingerprint density at radius 3 is 2.58 bits per heavy atom. The van der Waals surface area contributed by atoms with Crippen LogP contribution in [0.1, 0.15) is 26.3 Å². The number of carbonyl (C=O) groups excluding carboxylic acids is 2. The number of ether oxygens (including phenoxy) is 1. The zero-order chi connectivity index (χ0) is 18.3. The van der Waals surface area contributed by atoms with E-state index in [9.17, 15) is 14.4 Å². The SMILES string of the molecule is Nc1c2c(cc(=O)n1-c1ccccc1CN1CCOCC1)C(=O)NC2=O. The maximum absolute atomic E-state index is 12.7. The summed E-state index contributed by atoms with van der Waals surface area (Å²) in [6.45, 7) is 3.59. The number of nitrogens with zero attached hydrogens (tertiary/aromatic N) is 2. The van der Waals surface area contributed by atoms with Gasteiger partial charge in [0.15, 0.2) is 0 Å². The number of carbonyl (C=O) groups is 2. The summed E-state index contributed by atoms with van der Waals surface area (Å²) in [5, 5.41) is 2.18. The van der Waals surface area contributed by atoms with E-state index in [-0.39, 0.29) is 16.9 Å². The van der Waals surface area contributed by atoms with Crippen LogP contribution < -0.4 is 16.6 Å². The van der Waals surface area contributed by atoms with Crippen LogP contribution in [0.3, 0.4) is 0 Å². The molecule has 26 heavy (non-hydrogen) atoms. The van der Waals surface area contributed by atoms with Gasteiger partial charge in [0.05, 0.1) is 30.0 Å². The molecule has 2 aliphatic rings. The number of hydrogen-bond acceptors (Lipinski definition) is 6. The molecule has 2 amide bonds. The van der Waals surface area contributed by atoms with Crippen LogP contribution >= 0.6 is 0 Å². The Morgan fingerprint density at radius 2 is 1.81 bits per heavy atom. The van der Waals surface area contributed by atoms with Gasteiger partial charge in [-0.1, -0.05) is 18.2 Å². The molecule has 1 fully saturated rings. The Kier molecular flexibility index (Phi) is 4.06. The Balaban J connectivity index is 1.82. The van der Waals surface area contributed by atoms with Gasteiger partial charge in [-0.05, 0) is 11.6 Å². The van der Waals surface area contributed by atoms with Crippen molar-refractivity contribution in [3.05, 3.63) is 57.4 Å². The van der Waals surface area contributed by atoms with Crippen molar-refractivity contribution in [3.63, 3.8) is 0 Å². The van der Waals surface area contributed by atoms with Gasteiger partial charge in [-0.2, -0.15) is 0 Å². The Hall–Kier alpha value is -2.97. The first kappa shape index (κ1) is 16.5. The normalized spacial score (nSPS) is 17.2. The van der Waals surface area contributed by atoms with Gasteiger partial charge in [0.1, 0.15) is 5.82 Å². The van der Waals surface area contributed by atoms with E-state index in [0.29, 0.717) is 25.4 Å². The number of aromatic nitrogens is 1. The van der Waals surface area contributed by atoms with Crippen molar-refractivity contribution in [1.82, 2.24) is 14.8 Å². The summed E-state index contributed by atoms with van der Waals surface area (Å²) >= 11 is 0. The largest absolute Gasteiger partial charge is 0.384 e. The van der Waals surface area contributed by atoms with Crippen molar-refractivity contribution >= 4 is 17.6 Å². The molecular weight excluding hydrogens is 336 g/mol. The van der Waals surface area contributed by atoms with E-state index in [1.807, 2.05) is 18.2 Å². The van der Waals surface area contributed by atoms with Crippen LogP contribution in [0.15, 0.2) is 35.1 Å². The highest BCUT2D eigenvalue weighted by molar-refractivity contribution is 6.23. The molecule has 0 spiro atoms. The van der Waals surface area contributed by atoms with Crippen molar-refractivity contribution in [2.75, 3.05) is 32.0 Å². The van der Waals surface area contributed by atoms with Gasteiger partial charge in [0.2, 0.25) is 0 Å². The zero-order valence-electron chi connectivity index (χ0n) is 14.0. The Labute approximate surface area is 149 Å². The first-order valence-electron chi connectivity index (χ1n) is 8.36. The Bertz CT molecular complexity index is 960. The summed E-state index contributed by atoms with van der Waals surface area (Å²) < 4.78 is 6.67. The van der Waals surface area contributed by atoms with E-state index in [1.54, 1.807) is 6.07 Å². The molecule has 0 aliphatic carbocycles. The maximum atomic E-state index is 12.7. The number of nitrogens with one attached hydrogen (secondary N) is 1. The number of amides is 2. The lowest BCUT2D eigenvalue weighted by atomic mass is 10.1. The molecule has 8 heteroatoms. The molecule has 3 N–H and O–H groups in total. The maximum Gasteiger partial charge on any atom is 0.262 e. The number of fused-ring (bicyclic) bond motifs is 1. The van der Waals surface area contributed by atoms with E-state index in [2.05, 4.69) is 10.2 Å². The molecule has 3 heterocycles. The standard InChI is InChI=1S/C18H18N4O4/c19-16-15-12(17(24)20-18(15)25)9-14(23)22(16)13-4-2-1-3-11(13)10-21-5-7-26-8-6-21/h1-4,9H,5-8,10,19H2,(H,20,24,25). The molecule has 1 saturated heterocycles. The van der Waals surface area contributed by atoms with Gasteiger partial charge in [-0.15, -0.1) is 0 Å². The van der Waals surface area contributed by atoms with E-state index in [1.165, 1.54) is 4.57 Å². The van der Waals surface area contributed by atoms with Crippen molar-refractivity contribution < 1.29 is 14.3 Å². The molecule has 0 saturated carbocycles. The van der Waals surface area contributed by atoms with Crippen LogP contribution in [0, 0.1) is 0 Å². The number of nitrogens with two attached hydrogens (primary N) is 1. The average molecular weight is 354 g/mol. The van der Waals surface area contributed by atoms with Gasteiger partial charge in [-0.25, -0.2) is 0 Å². The van der Waals surface area contributed by atoms with E-state index >= 15 is 0 Å². The van der Waals surface area contributed by atoms with Crippen molar-refractivity contribution in [1.29, 1.82) is 0 Å². The lowest BCUT2D eigenvalue weighted by molar-refractivity contribution is 0.0342. The highest BCUT2D eigenvalue weighted by atomic mass is 16.5. The number of benzene rings is 1. The smallest absolute Gasteiger partial charge is 0.262 e. The molecule has 0 atom stereocenters. The highest BCUT2D eigenvalue weighted by Crippen LogP contribution is 2.25. The van der Waals surface area contributed by atoms with Gasteiger partial charge in [0, 0.05) is 25.7 Å². The van der Waals surface area contributed by atoms with E-state index in [4.69, 9.17) is 10.5 Å². The van der Waals surface area contributed by atoms with Crippen LogP contribution in [0.5, 0.6) is 0 Å². The minimum Gasteiger partial charge on any atom is -0.384 e. The third-order valence-corrected chi connectivity index (χ3v) is 4.68. The molecule has 0 unspecified atom stereocenters. The van der Waals surface area contributed by atoms with Gasteiger partial charge in [0.25, 0.3) is 17.4 Å². The lowest BCUT2D eigenvalue weighted by Gasteiger charge is -2.27. The molecule has 134 valence electrons. The molecule has 8 nitrogen and oxygen atoms in total. The summed E-state index contributed by atoms with van der Waals surface area (Å²) in [5.74, 6) is -1.20. The van der Waals surface area contributed by atoms with Crippen molar-refractivity contribution in [2.24, 2.45) is 0 Å². The summed E-state index contributed by atoms with van der Waals surface area (Å²) in [6.07, 6.45) is 0. The minimum atomic E-state index is -0.595. The molecule has 0 bridgehead atoms. The fourth-order valence-corrected chi connectivity index (χ4v) is 3.39. The monoisotopic (exact) mass is 354 g/mol. The summed E-state index contributed by atoms with van der Waals surface area (Å²) in [5.41, 5.74) is 7.29. The predicted octanol–water partition coefficient (Wildman–Crippen LogP) is 0.135. The minimum absolute atomic E-state index is 0.0229. The lowest BCUT2D eigenvalue weighted by Crippen LogP contribution is -2.36. The number of pyridine rings is 1. The van der Waals surface area contributed by atoms with Crippen LogP contribution in [-0.4, -0.2) is 47.6 Å². The average Bonchev–Trinajstić information content (AvgIpc) is 2.91. The third kappa shape index (κ3) is 2.69. The summed E-state index contributed by atoms with van der Waals surface area (Å²) in [4.78, 5) is 38.7. The molecule has 4 rings (SSSR count). The number of imide groups is 1. The van der Waals surface area contributed by atoms with Crippen LogP contribution in [0.25, 0.3) is 5.69 Å². The van der Waals surface area contributed by atoms with Crippen LogP contribution in [0.2, 0.25) is 0 Å². The van der Waals surface area contributed by atoms with Gasteiger partial charge >= 0.3 is 0 Å². The number of rotatable bonds is 3. The van der Waals surface area contributed by atoms with Crippen molar-refractivity contribution in [3.8, 4) is 5.69 Å². The topological polar surface area (TPSA) is 107 Å². The van der Waals surface area contributed by atoms with Crippen molar-refractivity contribution in [2.45, 2.75) is 6.54 Å². The van der Waals surface area contributed by atoms with E-state index in [0.717, 1.165) is 24.7 Å². The molecule has 1 aromatic heterocycles. The predicted molar refractivity (Wildman–Crippen MR) is 94.3 cm³/mol. The number of anilines is 1. The summed E-state index contributed by atoms with van der Waals surface area (Å²) in [6, 6.07) is 8.58. The Morgan fingerprint density at radius 1 is 1.08 bits per heavy atom. The first-order valence-corrected chi connectivity index (χ1v) is 8.36. The number of nitrogen functional groups attached to an aromatic ring is 1. The third-order valence-electron chi connectivity index (χ3n) is 4.68. The van der Waals surface area contributed by atoms with Crippen LogP contribution in [0.4, 0.5) is 5.82 Å². The second-order valence-electron chi connectivity index (χ2n) is 6.29. The van der Waals surface area contributed by atoms with Crippen LogP contribution in [-0.2, 0) is 11.3 Å². The van der Waals surface area contributed by atoms with Gasteiger partial charge in [-0.3, -0.25) is 29.2 Å². The second kappa shape index (κ2) is 6.40. The summed E-state index contributed by atoms with van der Waals surface area (Å²) in [7, 11) is 0. The molecule has 2 aliphatic heterocycles. The highest BCUT2D eigenvalue weighted by Gasteiger charge is 2.32. The fraction of sp³-hybridized carbons (Fsp3) is 0.278. The zero-order valence-corrected chi connectivity index (χ0v) is 14.0. The molecule has 0 radical (unpaired) electrons. The second-order valence-corrected chi connectivity index (χ2v) is 6.29. The fourth-order valence-electron chi connectivity index (χ4n) is 3.39. The van der Waals surface area contributed by atoms with E-state index < -0.39 is 17.4 Å². The first-order chi connectivity index (χ1) is 12.6. The molecular formula is C18H18N4O4. The number of hydrogen-bond donors (Lipinski definition) is 2. The molecule has 1 aromatic carbocycles. The van der Waals surface area contributed by atoms with Gasteiger partial charge < -0.3 is 10.5 Å². The number of morpholine rings is 1. The quantitative estimate of drug-likeness (QED) is 0.759. The number of para-hydroxylation sites is 1. The molecule has 2 aromatic rings.